The van der Waals surface area contributed by atoms with Gasteiger partial charge in [0.25, 0.3) is 5.91 Å². The van der Waals surface area contributed by atoms with Crippen molar-refractivity contribution < 1.29 is 13.9 Å². The molecule has 28 heavy (non-hydrogen) atoms. The number of hydrogen-bond acceptors (Lipinski definition) is 3. The van der Waals surface area contributed by atoms with Crippen molar-refractivity contribution in [1.82, 2.24) is 4.90 Å². The van der Waals surface area contributed by atoms with Crippen LogP contribution in [0.3, 0.4) is 0 Å². The summed E-state index contributed by atoms with van der Waals surface area (Å²) < 4.78 is 20.8. The number of ether oxygens (including phenoxy) is 1. The summed E-state index contributed by atoms with van der Waals surface area (Å²) >= 11 is 14.1. The lowest BCUT2D eigenvalue weighted by Crippen LogP contribution is -2.37. The van der Waals surface area contributed by atoms with Crippen LogP contribution in [0.1, 0.15) is 28.1 Å². The maximum atomic E-state index is 14.2. The first-order chi connectivity index (χ1) is 13.5. The Bertz CT molecular complexity index is 1020. The Morgan fingerprint density at radius 1 is 1.21 bits per heavy atom. The Hall–Kier alpha value is -1.66. The number of fused-ring (bicyclic) bond motifs is 1. The van der Waals surface area contributed by atoms with E-state index in [1.165, 1.54) is 17.4 Å². The lowest BCUT2D eigenvalue weighted by atomic mass is 10.1. The minimum atomic E-state index is -0.335. The minimum Gasteiger partial charge on any atom is -0.376 e. The topological polar surface area (TPSA) is 29.5 Å². The standard InChI is InChI=1S/C21H18Cl2FNO2S/c22-15-7-3-9-17-18(15)19(23)20(28-17)21(26)25(12-14-6-4-10-27-14)11-13-5-1-2-8-16(13)24/h1-3,5,7-9,14H,4,6,10-12H2. The van der Waals surface area contributed by atoms with Gasteiger partial charge in [0, 0.05) is 35.3 Å². The first-order valence-corrected chi connectivity index (χ1v) is 10.6. The van der Waals surface area contributed by atoms with E-state index in [0.29, 0.717) is 39.0 Å². The lowest BCUT2D eigenvalue weighted by molar-refractivity contribution is 0.0509. The molecule has 2 aromatic carbocycles. The fourth-order valence-electron chi connectivity index (χ4n) is 3.44. The van der Waals surface area contributed by atoms with Crippen LogP contribution in [0.25, 0.3) is 10.1 Å². The van der Waals surface area contributed by atoms with E-state index in [2.05, 4.69) is 0 Å². The molecule has 0 spiro atoms. The van der Waals surface area contributed by atoms with Gasteiger partial charge in [-0.2, -0.15) is 0 Å². The van der Waals surface area contributed by atoms with Crippen molar-refractivity contribution in [3.05, 3.63) is 68.8 Å². The molecule has 7 heteroatoms. The summed E-state index contributed by atoms with van der Waals surface area (Å²) in [6, 6.07) is 11.9. The van der Waals surface area contributed by atoms with Gasteiger partial charge in [0.15, 0.2) is 0 Å². The van der Waals surface area contributed by atoms with Gasteiger partial charge in [0.1, 0.15) is 10.7 Å². The first-order valence-electron chi connectivity index (χ1n) is 9.05. The van der Waals surface area contributed by atoms with Crippen LogP contribution in [0.2, 0.25) is 10.0 Å². The monoisotopic (exact) mass is 437 g/mol. The molecule has 0 N–H and O–H groups in total. The Labute approximate surface area is 176 Å². The lowest BCUT2D eigenvalue weighted by Gasteiger charge is -2.25. The molecular formula is C21H18Cl2FNO2S. The Morgan fingerprint density at radius 3 is 2.75 bits per heavy atom. The molecule has 1 aliphatic rings. The maximum Gasteiger partial charge on any atom is 0.265 e. The largest absolute Gasteiger partial charge is 0.376 e. The van der Waals surface area contributed by atoms with Gasteiger partial charge in [-0.3, -0.25) is 4.79 Å². The van der Waals surface area contributed by atoms with E-state index in [1.54, 1.807) is 29.2 Å². The Kier molecular flexibility index (Phi) is 5.88. The Balaban J connectivity index is 1.69. The summed E-state index contributed by atoms with van der Waals surface area (Å²) in [6.07, 6.45) is 1.80. The van der Waals surface area contributed by atoms with Crippen LogP contribution in [0.15, 0.2) is 42.5 Å². The second kappa shape index (κ2) is 8.37. The zero-order valence-electron chi connectivity index (χ0n) is 15.0. The Morgan fingerprint density at radius 2 is 2.04 bits per heavy atom. The average molecular weight is 438 g/mol. The molecule has 1 atom stereocenters. The number of rotatable bonds is 5. The summed E-state index contributed by atoms with van der Waals surface area (Å²) in [5.74, 6) is -0.570. The van der Waals surface area contributed by atoms with Crippen molar-refractivity contribution >= 4 is 50.5 Å². The van der Waals surface area contributed by atoms with Gasteiger partial charge in [-0.25, -0.2) is 4.39 Å². The molecule has 1 amide bonds. The van der Waals surface area contributed by atoms with Crippen LogP contribution in [0, 0.1) is 5.82 Å². The van der Waals surface area contributed by atoms with Gasteiger partial charge in [-0.15, -0.1) is 11.3 Å². The predicted octanol–water partition coefficient (Wildman–Crippen LogP) is 6.17. The third kappa shape index (κ3) is 3.90. The number of benzene rings is 2. The second-order valence-electron chi connectivity index (χ2n) is 6.77. The van der Waals surface area contributed by atoms with Crippen molar-refractivity contribution in [2.75, 3.05) is 13.2 Å². The van der Waals surface area contributed by atoms with Crippen LogP contribution >= 0.6 is 34.5 Å². The molecule has 1 aromatic heterocycles. The van der Waals surface area contributed by atoms with Crippen molar-refractivity contribution in [2.24, 2.45) is 0 Å². The summed E-state index contributed by atoms with van der Waals surface area (Å²) in [4.78, 5) is 15.4. The molecule has 2 heterocycles. The van der Waals surface area contributed by atoms with Gasteiger partial charge in [0.05, 0.1) is 16.1 Å². The van der Waals surface area contributed by atoms with Crippen LogP contribution in [0.5, 0.6) is 0 Å². The molecule has 1 aliphatic heterocycles. The van der Waals surface area contributed by atoms with E-state index >= 15 is 0 Å². The highest BCUT2D eigenvalue weighted by atomic mass is 35.5. The van der Waals surface area contributed by atoms with Crippen molar-refractivity contribution in [3.63, 3.8) is 0 Å². The number of thiophene rings is 1. The molecule has 3 aromatic rings. The van der Waals surface area contributed by atoms with Crippen LogP contribution in [-0.2, 0) is 11.3 Å². The average Bonchev–Trinajstić information content (AvgIpc) is 3.31. The zero-order chi connectivity index (χ0) is 19.7. The number of hydrogen-bond donors (Lipinski definition) is 0. The van der Waals surface area contributed by atoms with Crippen LogP contribution in [0.4, 0.5) is 4.39 Å². The highest BCUT2D eigenvalue weighted by molar-refractivity contribution is 7.21. The summed E-state index contributed by atoms with van der Waals surface area (Å²) in [6.45, 7) is 1.24. The molecule has 0 saturated carbocycles. The molecule has 1 unspecified atom stereocenters. The van der Waals surface area contributed by atoms with Crippen molar-refractivity contribution in [3.8, 4) is 0 Å². The highest BCUT2D eigenvalue weighted by Gasteiger charge is 2.28. The quantitative estimate of drug-likeness (QED) is 0.477. The molecule has 4 rings (SSSR count). The fraction of sp³-hybridized carbons (Fsp3) is 0.286. The highest BCUT2D eigenvalue weighted by Crippen LogP contribution is 2.40. The van der Waals surface area contributed by atoms with Gasteiger partial charge >= 0.3 is 0 Å². The number of amides is 1. The van der Waals surface area contributed by atoms with E-state index in [4.69, 9.17) is 27.9 Å². The molecule has 146 valence electrons. The summed E-state index contributed by atoms with van der Waals surface area (Å²) in [7, 11) is 0. The van der Waals surface area contributed by atoms with Crippen molar-refractivity contribution in [1.29, 1.82) is 0 Å². The number of carbonyl (C=O) groups excluding carboxylic acids is 1. The molecule has 0 aliphatic carbocycles. The zero-order valence-corrected chi connectivity index (χ0v) is 17.3. The maximum absolute atomic E-state index is 14.2. The SMILES string of the molecule is O=C(c1sc2cccc(Cl)c2c1Cl)N(Cc1ccccc1F)CC1CCCO1. The predicted molar refractivity (Wildman–Crippen MR) is 112 cm³/mol. The molecule has 1 fully saturated rings. The third-order valence-corrected chi connectivity index (χ3v) is 6.80. The van der Waals surface area contributed by atoms with E-state index < -0.39 is 0 Å². The molecule has 1 saturated heterocycles. The first kappa shape index (κ1) is 19.6. The van der Waals surface area contributed by atoms with E-state index in [1.807, 2.05) is 12.1 Å². The number of nitrogens with zero attached hydrogens (tertiary/aromatic N) is 1. The van der Waals surface area contributed by atoms with Crippen LogP contribution in [-0.4, -0.2) is 30.1 Å². The molecular weight excluding hydrogens is 420 g/mol. The van der Waals surface area contributed by atoms with Crippen LogP contribution < -0.4 is 0 Å². The van der Waals surface area contributed by atoms with E-state index in [-0.39, 0.29) is 24.4 Å². The van der Waals surface area contributed by atoms with E-state index in [9.17, 15) is 9.18 Å². The molecule has 0 radical (unpaired) electrons. The number of carbonyl (C=O) groups is 1. The summed E-state index contributed by atoms with van der Waals surface area (Å²) in [5.41, 5.74) is 0.462. The van der Waals surface area contributed by atoms with Crippen molar-refractivity contribution in [2.45, 2.75) is 25.5 Å². The molecule has 3 nitrogen and oxygen atoms in total. The smallest absolute Gasteiger partial charge is 0.265 e. The third-order valence-electron chi connectivity index (χ3n) is 4.85. The minimum absolute atomic E-state index is 0.0486. The van der Waals surface area contributed by atoms with Gasteiger partial charge in [0.2, 0.25) is 0 Å². The van der Waals surface area contributed by atoms with Gasteiger partial charge in [-0.05, 0) is 31.0 Å². The summed E-state index contributed by atoms with van der Waals surface area (Å²) in [5, 5.41) is 1.54. The molecule has 0 bridgehead atoms. The fourth-order valence-corrected chi connectivity index (χ4v) is 5.36. The second-order valence-corrected chi connectivity index (χ2v) is 8.61. The normalized spacial score (nSPS) is 16.6. The van der Waals surface area contributed by atoms with Gasteiger partial charge in [-0.1, -0.05) is 47.5 Å². The van der Waals surface area contributed by atoms with Gasteiger partial charge < -0.3 is 9.64 Å². The van der Waals surface area contributed by atoms with E-state index in [0.717, 1.165) is 17.5 Å². The number of halogens is 3.